The van der Waals surface area contributed by atoms with Gasteiger partial charge in [0, 0.05) is 39.5 Å². The molecule has 1 saturated heterocycles. The lowest BCUT2D eigenvalue weighted by Gasteiger charge is -2.24. The van der Waals surface area contributed by atoms with Gasteiger partial charge in [-0.25, -0.2) is 4.98 Å². The summed E-state index contributed by atoms with van der Waals surface area (Å²) in [6, 6.07) is 10.9. The summed E-state index contributed by atoms with van der Waals surface area (Å²) in [6.45, 7) is 2.41. The zero-order valence-electron chi connectivity index (χ0n) is 15.9. The highest BCUT2D eigenvalue weighted by Crippen LogP contribution is 2.26. The Morgan fingerprint density at radius 2 is 2.11 bits per heavy atom. The minimum absolute atomic E-state index is 0.123. The minimum Gasteiger partial charge on any atom is -0.493 e. The van der Waals surface area contributed by atoms with Crippen molar-refractivity contribution >= 4 is 11.8 Å². The molecule has 2 N–H and O–H groups in total. The van der Waals surface area contributed by atoms with E-state index in [1.54, 1.807) is 13.3 Å². The second-order valence-electron chi connectivity index (χ2n) is 7.09. The first kappa shape index (κ1) is 18.0. The maximum Gasteiger partial charge on any atom is 0.224 e. The maximum absolute atomic E-state index is 5.91. The topological polar surface area (TPSA) is 71.5 Å². The van der Waals surface area contributed by atoms with Gasteiger partial charge in [0.2, 0.25) is 5.95 Å². The molecule has 3 heterocycles. The Morgan fingerprint density at radius 1 is 1.22 bits per heavy atom. The number of methoxy groups -OCH3 is 1. The molecule has 0 saturated carbocycles. The molecule has 2 aromatic rings. The van der Waals surface area contributed by atoms with Gasteiger partial charge in [-0.05, 0) is 30.5 Å². The molecule has 2 aliphatic heterocycles. The lowest BCUT2D eigenvalue weighted by Crippen LogP contribution is -2.46. The Hall–Kier alpha value is -2.38. The molecule has 1 fully saturated rings. The third-order valence-electron chi connectivity index (χ3n) is 5.37. The average Bonchev–Trinajstić information content (AvgIpc) is 3.00. The van der Waals surface area contributed by atoms with Gasteiger partial charge in [-0.15, -0.1) is 0 Å². The molecular formula is C20H27N5O2. The Bertz CT molecular complexity index is 772. The highest BCUT2D eigenvalue weighted by atomic mass is 16.5. The van der Waals surface area contributed by atoms with Gasteiger partial charge >= 0.3 is 0 Å². The van der Waals surface area contributed by atoms with Crippen LogP contribution in [0.4, 0.5) is 11.8 Å². The Labute approximate surface area is 160 Å². The molecule has 0 radical (unpaired) electrons. The fraction of sp³-hybridized carbons (Fsp3) is 0.500. The maximum atomic E-state index is 5.91. The van der Waals surface area contributed by atoms with E-state index in [9.17, 15) is 0 Å². The Kier molecular flexibility index (Phi) is 5.40. The zero-order chi connectivity index (χ0) is 18.6. The smallest absolute Gasteiger partial charge is 0.224 e. The molecular weight excluding hydrogens is 342 g/mol. The van der Waals surface area contributed by atoms with Gasteiger partial charge in [-0.3, -0.25) is 0 Å². The van der Waals surface area contributed by atoms with Crippen molar-refractivity contribution in [1.82, 2.24) is 15.3 Å². The van der Waals surface area contributed by atoms with Gasteiger partial charge in [0.05, 0.1) is 18.8 Å². The van der Waals surface area contributed by atoms with E-state index in [4.69, 9.17) is 9.47 Å². The van der Waals surface area contributed by atoms with E-state index in [2.05, 4.69) is 43.7 Å². The summed E-state index contributed by atoms with van der Waals surface area (Å²) >= 11 is 0. The highest BCUT2D eigenvalue weighted by Gasteiger charge is 2.35. The summed E-state index contributed by atoms with van der Waals surface area (Å²) in [6.07, 6.45) is 3.87. The first-order valence-electron chi connectivity index (χ1n) is 9.52. The van der Waals surface area contributed by atoms with Crippen LogP contribution in [-0.4, -0.2) is 62.0 Å². The molecule has 1 unspecified atom stereocenters. The quantitative estimate of drug-likeness (QED) is 0.831. The molecule has 4 rings (SSSR count). The highest BCUT2D eigenvalue weighted by molar-refractivity contribution is 5.44. The number of aromatic nitrogens is 2. The predicted molar refractivity (Wildman–Crippen MR) is 106 cm³/mol. The summed E-state index contributed by atoms with van der Waals surface area (Å²) in [5.41, 5.74) is 1.27. The van der Waals surface area contributed by atoms with Crippen molar-refractivity contribution < 1.29 is 9.47 Å². The van der Waals surface area contributed by atoms with Crippen molar-refractivity contribution in [3.8, 4) is 5.75 Å². The van der Waals surface area contributed by atoms with Crippen LogP contribution < -0.4 is 20.3 Å². The van der Waals surface area contributed by atoms with E-state index in [-0.39, 0.29) is 12.1 Å². The van der Waals surface area contributed by atoms with E-state index in [1.807, 2.05) is 19.2 Å². The average molecular weight is 369 g/mol. The van der Waals surface area contributed by atoms with Gasteiger partial charge in [0.25, 0.3) is 0 Å². The molecule has 27 heavy (non-hydrogen) atoms. The van der Waals surface area contributed by atoms with E-state index >= 15 is 0 Å². The first-order chi connectivity index (χ1) is 13.3. The number of ether oxygens (including phenoxy) is 2. The third kappa shape index (κ3) is 3.99. The van der Waals surface area contributed by atoms with Gasteiger partial charge in [0.1, 0.15) is 11.6 Å². The van der Waals surface area contributed by atoms with Crippen molar-refractivity contribution in [1.29, 1.82) is 0 Å². The zero-order valence-corrected chi connectivity index (χ0v) is 15.9. The lowest BCUT2D eigenvalue weighted by atomic mass is 10.0. The van der Waals surface area contributed by atoms with E-state index in [0.29, 0.717) is 12.0 Å². The largest absolute Gasteiger partial charge is 0.493 e. The molecule has 0 bridgehead atoms. The summed E-state index contributed by atoms with van der Waals surface area (Å²) < 4.78 is 11.7. The minimum atomic E-state index is 0.123. The molecule has 1 aromatic heterocycles. The summed E-state index contributed by atoms with van der Waals surface area (Å²) in [5.74, 6) is 2.57. The van der Waals surface area contributed by atoms with Crippen molar-refractivity contribution in [2.45, 2.75) is 31.0 Å². The van der Waals surface area contributed by atoms with Crippen LogP contribution in [0.1, 0.15) is 12.0 Å². The fourth-order valence-corrected chi connectivity index (χ4v) is 3.94. The standard InChI is InChI=1S/C20H27N5O2/c1-21-20-22-9-7-19(24-20)25-12-16(18(13-25)26-2)23-15-8-10-27-17-6-4-3-5-14(17)11-15/h3-7,9,15-16,18,23H,8,10-13H2,1-2H3,(H,21,22,24)/t15?,16-,18+/m1/s1. The van der Waals surface area contributed by atoms with E-state index < -0.39 is 0 Å². The second kappa shape index (κ2) is 8.10. The van der Waals surface area contributed by atoms with Crippen LogP contribution in [0.5, 0.6) is 5.75 Å². The molecule has 0 amide bonds. The summed E-state index contributed by atoms with van der Waals surface area (Å²) in [4.78, 5) is 11.0. The number of anilines is 2. The molecule has 3 atom stereocenters. The van der Waals surface area contributed by atoms with Crippen LogP contribution in [0, 0.1) is 0 Å². The van der Waals surface area contributed by atoms with Gasteiger partial charge in [-0.1, -0.05) is 18.2 Å². The fourth-order valence-electron chi connectivity index (χ4n) is 3.94. The molecule has 7 heteroatoms. The van der Waals surface area contributed by atoms with Crippen LogP contribution >= 0.6 is 0 Å². The number of nitrogens with one attached hydrogen (secondary N) is 2. The summed E-state index contributed by atoms with van der Waals surface area (Å²) in [7, 11) is 3.62. The van der Waals surface area contributed by atoms with Crippen molar-refractivity contribution in [2.75, 3.05) is 44.1 Å². The Balaban J connectivity index is 1.45. The summed E-state index contributed by atoms with van der Waals surface area (Å²) in [5, 5.41) is 6.82. The third-order valence-corrected chi connectivity index (χ3v) is 5.37. The normalized spacial score (nSPS) is 24.8. The van der Waals surface area contributed by atoms with Gasteiger partial charge in [-0.2, -0.15) is 4.98 Å². The van der Waals surface area contributed by atoms with Crippen LogP contribution in [0.25, 0.3) is 0 Å². The molecule has 7 nitrogen and oxygen atoms in total. The van der Waals surface area contributed by atoms with Crippen molar-refractivity contribution in [2.24, 2.45) is 0 Å². The number of para-hydroxylation sites is 1. The van der Waals surface area contributed by atoms with Crippen LogP contribution in [0.3, 0.4) is 0 Å². The molecule has 1 aromatic carbocycles. The molecule has 0 aliphatic carbocycles. The monoisotopic (exact) mass is 369 g/mol. The number of fused-ring (bicyclic) bond motifs is 1. The van der Waals surface area contributed by atoms with Gasteiger partial charge in [0.15, 0.2) is 0 Å². The van der Waals surface area contributed by atoms with Crippen molar-refractivity contribution in [3.63, 3.8) is 0 Å². The lowest BCUT2D eigenvalue weighted by molar-refractivity contribution is 0.0921. The van der Waals surface area contributed by atoms with Crippen LogP contribution in [-0.2, 0) is 11.2 Å². The number of nitrogens with zero attached hydrogens (tertiary/aromatic N) is 3. The number of rotatable bonds is 5. The molecule has 144 valence electrons. The van der Waals surface area contributed by atoms with Crippen LogP contribution in [0.2, 0.25) is 0 Å². The van der Waals surface area contributed by atoms with Crippen molar-refractivity contribution in [3.05, 3.63) is 42.1 Å². The Morgan fingerprint density at radius 3 is 2.96 bits per heavy atom. The number of hydrogen-bond donors (Lipinski definition) is 2. The second-order valence-corrected chi connectivity index (χ2v) is 7.09. The predicted octanol–water partition coefficient (Wildman–Crippen LogP) is 1.71. The van der Waals surface area contributed by atoms with Gasteiger partial charge < -0.3 is 25.0 Å². The number of hydrogen-bond acceptors (Lipinski definition) is 7. The molecule has 2 aliphatic rings. The SMILES string of the molecule is CNc1nccc(N2C[C@H](OC)[C@H](NC3CCOc4ccccc4C3)C2)n1. The first-order valence-corrected chi connectivity index (χ1v) is 9.52. The number of benzene rings is 1. The van der Waals surface area contributed by atoms with Crippen LogP contribution in [0.15, 0.2) is 36.5 Å². The van der Waals surface area contributed by atoms with E-state index in [1.165, 1.54) is 5.56 Å². The molecule has 0 spiro atoms. The van der Waals surface area contributed by atoms with E-state index in [0.717, 1.165) is 44.1 Å².